The van der Waals surface area contributed by atoms with Gasteiger partial charge in [0.15, 0.2) is 5.69 Å². The third kappa shape index (κ3) is 5.98. The van der Waals surface area contributed by atoms with E-state index in [1.165, 1.54) is 0 Å². The fourth-order valence-electron chi connectivity index (χ4n) is 3.41. The number of halogens is 3. The highest BCUT2D eigenvalue weighted by Gasteiger charge is 2.38. The number of aromatic nitrogens is 5. The van der Waals surface area contributed by atoms with Crippen molar-refractivity contribution in [3.63, 3.8) is 0 Å². The Morgan fingerprint density at radius 1 is 1.00 bits per heavy atom. The Balaban J connectivity index is 1.61. The van der Waals surface area contributed by atoms with Gasteiger partial charge in [-0.15, -0.1) is 0 Å². The highest BCUT2D eigenvalue weighted by Crippen LogP contribution is 2.31. The van der Waals surface area contributed by atoms with Crippen LogP contribution in [0.1, 0.15) is 28.8 Å². The molecule has 2 N–H and O–H groups in total. The molecule has 0 aliphatic carbocycles. The molecule has 0 bridgehead atoms. The summed E-state index contributed by atoms with van der Waals surface area (Å²) in [6.45, 7) is 4.96. The number of alkyl halides is 3. The van der Waals surface area contributed by atoms with Gasteiger partial charge in [0.05, 0.1) is 5.56 Å². The molecule has 1 aliphatic heterocycles. The fourth-order valence-corrected chi connectivity index (χ4v) is 3.41. The van der Waals surface area contributed by atoms with Crippen LogP contribution < -0.4 is 15.5 Å². The minimum Gasteiger partial charge on any atom is -0.338 e. The first-order chi connectivity index (χ1) is 16.7. The zero-order valence-corrected chi connectivity index (χ0v) is 19.2. The van der Waals surface area contributed by atoms with Gasteiger partial charge >= 0.3 is 6.18 Å². The maximum absolute atomic E-state index is 13.8. The molecule has 184 valence electrons. The Hall–Kier alpha value is -3.87. The van der Waals surface area contributed by atoms with Crippen molar-refractivity contribution in [3.05, 3.63) is 53.6 Å². The van der Waals surface area contributed by atoms with E-state index in [-0.39, 0.29) is 11.9 Å². The summed E-state index contributed by atoms with van der Waals surface area (Å²) in [6.07, 6.45) is -3.55. The van der Waals surface area contributed by atoms with Gasteiger partial charge in [-0.3, -0.25) is 10.1 Å². The number of rotatable bonds is 6. The lowest BCUT2D eigenvalue weighted by atomic mass is 10.2. The van der Waals surface area contributed by atoms with Crippen LogP contribution in [0.3, 0.4) is 0 Å². The van der Waals surface area contributed by atoms with E-state index in [4.69, 9.17) is 0 Å². The lowest BCUT2D eigenvalue weighted by molar-refractivity contribution is -0.141. The molecule has 0 radical (unpaired) electrons. The molecule has 10 nitrogen and oxygen atoms in total. The highest BCUT2D eigenvalue weighted by atomic mass is 19.4. The summed E-state index contributed by atoms with van der Waals surface area (Å²) in [5, 5.41) is 5.06. The van der Waals surface area contributed by atoms with E-state index in [9.17, 15) is 18.0 Å². The number of carbonyl (C=O) groups excluding carboxylic acids is 1. The van der Waals surface area contributed by atoms with Crippen LogP contribution in [0.2, 0.25) is 0 Å². The third-order valence-corrected chi connectivity index (χ3v) is 5.33. The average Bonchev–Trinajstić information content (AvgIpc) is 2.84. The predicted octanol–water partition coefficient (Wildman–Crippen LogP) is 2.99. The topological polar surface area (TPSA) is 112 Å². The Morgan fingerprint density at radius 2 is 1.71 bits per heavy atom. The summed E-state index contributed by atoms with van der Waals surface area (Å²) >= 11 is 0. The minimum absolute atomic E-state index is 0.0281. The minimum atomic E-state index is -4.89. The second kappa shape index (κ2) is 10.2. The van der Waals surface area contributed by atoms with Crippen LogP contribution in [0.5, 0.6) is 0 Å². The third-order valence-electron chi connectivity index (χ3n) is 5.33. The number of carbonyl (C=O) groups is 1. The number of para-hydroxylation sites is 1. The number of nitrogens with zero attached hydrogens (tertiary/aromatic N) is 7. The monoisotopic (exact) mass is 487 g/mol. The van der Waals surface area contributed by atoms with Gasteiger partial charge in [0.2, 0.25) is 17.8 Å². The van der Waals surface area contributed by atoms with Crippen molar-refractivity contribution in [2.45, 2.75) is 19.5 Å². The van der Waals surface area contributed by atoms with Crippen LogP contribution in [0.4, 0.5) is 36.7 Å². The molecule has 1 aliphatic rings. The lowest BCUT2D eigenvalue weighted by Gasteiger charge is -2.32. The number of benzene rings is 1. The molecular weight excluding hydrogens is 463 g/mol. The van der Waals surface area contributed by atoms with Crippen LogP contribution >= 0.6 is 0 Å². The molecule has 0 atom stereocenters. The maximum atomic E-state index is 13.8. The molecular formula is C22H24F3N9O. The van der Waals surface area contributed by atoms with E-state index in [0.29, 0.717) is 37.0 Å². The molecule has 0 saturated carbocycles. The molecule has 0 unspecified atom stereocenters. The van der Waals surface area contributed by atoms with Crippen LogP contribution in [0.15, 0.2) is 36.5 Å². The molecule has 1 amide bonds. The van der Waals surface area contributed by atoms with E-state index in [1.54, 1.807) is 30.3 Å². The number of anilines is 4. The number of nitrogens with one attached hydrogen (secondary N) is 2. The van der Waals surface area contributed by atoms with Crippen LogP contribution in [0.25, 0.3) is 0 Å². The van der Waals surface area contributed by atoms with Gasteiger partial charge < -0.3 is 15.1 Å². The molecule has 1 aromatic carbocycles. The van der Waals surface area contributed by atoms with Crippen LogP contribution in [-0.2, 0) is 12.6 Å². The second-order valence-electron chi connectivity index (χ2n) is 7.92. The van der Waals surface area contributed by atoms with Gasteiger partial charge in [-0.05, 0) is 19.2 Å². The Kier molecular flexibility index (Phi) is 7.05. The highest BCUT2D eigenvalue weighted by molar-refractivity contribution is 6.05. The van der Waals surface area contributed by atoms with Crippen LogP contribution in [0, 0.1) is 0 Å². The summed E-state index contributed by atoms with van der Waals surface area (Å²) in [6, 6.07) is 8.15. The second-order valence-corrected chi connectivity index (χ2v) is 7.92. The molecule has 1 fully saturated rings. The summed E-state index contributed by atoms with van der Waals surface area (Å²) < 4.78 is 41.3. The Labute approximate surface area is 199 Å². The van der Waals surface area contributed by atoms with E-state index in [1.807, 2.05) is 18.9 Å². The number of likely N-dealkylation sites (N-methyl/N-ethyl adjacent to an activating group) is 1. The van der Waals surface area contributed by atoms with Crippen LogP contribution in [-0.4, -0.2) is 69.0 Å². The molecule has 0 spiro atoms. The lowest BCUT2D eigenvalue weighted by Crippen LogP contribution is -2.45. The molecule has 3 heterocycles. The summed E-state index contributed by atoms with van der Waals surface area (Å²) in [5.74, 6) is -0.416. The molecule has 2 aromatic heterocycles. The van der Waals surface area contributed by atoms with Gasteiger partial charge in [0.1, 0.15) is 5.82 Å². The number of piperazine rings is 1. The smallest absolute Gasteiger partial charge is 0.338 e. The van der Waals surface area contributed by atoms with E-state index < -0.39 is 23.3 Å². The average molecular weight is 487 g/mol. The van der Waals surface area contributed by atoms with Gasteiger partial charge in [-0.25, -0.2) is 9.97 Å². The van der Waals surface area contributed by atoms with Crippen molar-refractivity contribution >= 4 is 29.4 Å². The van der Waals surface area contributed by atoms with Crippen molar-refractivity contribution in [2.75, 3.05) is 48.8 Å². The Bertz CT molecular complexity index is 1180. The number of hydrogen-bond acceptors (Lipinski definition) is 9. The zero-order chi connectivity index (χ0) is 25.0. The SMILES string of the molecule is CCc1nc(Nc2ncc(C(=O)Nc3ccccc3)c(C(F)(F)F)n2)nc(N2CCN(C)CC2)n1. The van der Waals surface area contributed by atoms with E-state index >= 15 is 0 Å². The first-order valence-corrected chi connectivity index (χ1v) is 11.0. The summed E-state index contributed by atoms with van der Waals surface area (Å²) in [4.78, 5) is 37.3. The van der Waals surface area contributed by atoms with Gasteiger partial charge in [0, 0.05) is 44.5 Å². The number of amides is 1. The predicted molar refractivity (Wildman–Crippen MR) is 124 cm³/mol. The largest absolute Gasteiger partial charge is 0.434 e. The van der Waals surface area contributed by atoms with E-state index in [0.717, 1.165) is 19.3 Å². The summed E-state index contributed by atoms with van der Waals surface area (Å²) in [7, 11) is 2.02. The van der Waals surface area contributed by atoms with Gasteiger partial charge in [0.25, 0.3) is 5.91 Å². The van der Waals surface area contributed by atoms with Crippen molar-refractivity contribution in [1.82, 2.24) is 29.8 Å². The van der Waals surface area contributed by atoms with Crippen molar-refractivity contribution < 1.29 is 18.0 Å². The molecule has 13 heteroatoms. The molecule has 3 aromatic rings. The standard InChI is InChI=1S/C22H24F3N9O/c1-3-16-28-20(32-21(29-16)34-11-9-33(2)10-12-34)31-19-26-13-15(17(30-19)22(23,24)25)18(35)27-14-7-5-4-6-8-14/h4-8,13H,3,9-12H2,1-2H3,(H,27,35)(H,26,28,29,30,31,32). The molecule has 1 saturated heterocycles. The number of hydrogen-bond donors (Lipinski definition) is 2. The molecule has 35 heavy (non-hydrogen) atoms. The van der Waals surface area contributed by atoms with Gasteiger partial charge in [-0.1, -0.05) is 25.1 Å². The Morgan fingerprint density at radius 3 is 2.37 bits per heavy atom. The van der Waals surface area contributed by atoms with Crippen molar-refractivity contribution in [1.29, 1.82) is 0 Å². The first kappa shape index (κ1) is 24.3. The quantitative estimate of drug-likeness (QED) is 0.542. The fraction of sp³-hybridized carbons (Fsp3) is 0.364. The van der Waals surface area contributed by atoms with Crippen molar-refractivity contribution in [3.8, 4) is 0 Å². The zero-order valence-electron chi connectivity index (χ0n) is 19.2. The number of aryl methyl sites for hydroxylation is 1. The molecule has 4 rings (SSSR count). The maximum Gasteiger partial charge on any atom is 0.434 e. The van der Waals surface area contributed by atoms with Gasteiger partial charge in [-0.2, -0.15) is 28.1 Å². The summed E-state index contributed by atoms with van der Waals surface area (Å²) in [5.41, 5.74) is -1.72. The first-order valence-electron chi connectivity index (χ1n) is 11.0. The van der Waals surface area contributed by atoms with Crippen molar-refractivity contribution in [2.24, 2.45) is 0 Å². The van der Waals surface area contributed by atoms with E-state index in [2.05, 4.69) is 40.5 Å². The normalized spacial score (nSPS) is 14.6.